The van der Waals surface area contributed by atoms with Crippen molar-refractivity contribution in [2.45, 2.75) is 200 Å². The normalized spacial score (nSPS) is 47.0. The zero-order valence-electron chi connectivity index (χ0n) is 40.8. The molecule has 0 bridgehead atoms. The van der Waals surface area contributed by atoms with Gasteiger partial charge >= 0.3 is 35.5 Å². The maximum atomic E-state index is 14.7. The molecular formula is C51H80F4NNaO9. The van der Waals surface area contributed by atoms with Crippen molar-refractivity contribution < 1.29 is 92.1 Å². The van der Waals surface area contributed by atoms with Gasteiger partial charge in [-0.1, -0.05) is 41.5 Å². The van der Waals surface area contributed by atoms with Gasteiger partial charge in [0.15, 0.2) is 0 Å². The van der Waals surface area contributed by atoms with Crippen molar-refractivity contribution >= 4 is 17.8 Å². The fourth-order valence-corrected chi connectivity index (χ4v) is 17.9. The molecule has 0 aromatic heterocycles. The van der Waals surface area contributed by atoms with Crippen LogP contribution < -0.4 is 40.0 Å². The van der Waals surface area contributed by atoms with Crippen LogP contribution >= 0.6 is 0 Å². The van der Waals surface area contributed by atoms with Crippen molar-refractivity contribution in [3.63, 3.8) is 0 Å². The molecular weight excluding hydrogens is 870 g/mol. The number of nitrogens with one attached hydrogen (secondary N) is 1. The zero-order chi connectivity index (χ0) is 47.8. The van der Waals surface area contributed by atoms with Crippen molar-refractivity contribution in [1.82, 2.24) is 5.32 Å². The van der Waals surface area contributed by atoms with Crippen LogP contribution in [-0.4, -0.2) is 86.2 Å². The van der Waals surface area contributed by atoms with E-state index in [1.807, 2.05) is 13.8 Å². The van der Waals surface area contributed by atoms with E-state index in [1.54, 1.807) is 0 Å². The van der Waals surface area contributed by atoms with Gasteiger partial charge in [-0.15, -0.1) is 0 Å². The second kappa shape index (κ2) is 19.9. The molecule has 1 amide bonds. The van der Waals surface area contributed by atoms with Crippen molar-refractivity contribution in [3.8, 4) is 0 Å². The van der Waals surface area contributed by atoms with Gasteiger partial charge in [0.1, 0.15) is 12.2 Å². The summed E-state index contributed by atoms with van der Waals surface area (Å²) in [5.74, 6) is -6.19. The molecule has 6 unspecified atom stereocenters. The number of aliphatic hydroxyl groups is 4. The average molecular weight is 950 g/mol. The van der Waals surface area contributed by atoms with E-state index in [2.05, 4.69) is 33.0 Å². The standard InChI is InChI=1S/C27H43F2NO5.C24H38F2O4.Na/c1-15(4-7-22(33)30-11-9-23(34)35)17-5-6-18-24-19(8-10-25(17,18)2)26(3)14-27(28,29)21(32)13-16(26)12-20(24)31;1-13(4-7-20(29)30)15-5-6-16-21-17(8-9-22(15,16)2)23(3)12-24(25,26)19(28)11-14(23)10-18(21)27;/h15-21,24,31-32H,4-14H2,1-3H3,(H,30,33)(H,34,35);13-19,21,27-28H,4-12H2,1-3H3,(H,29,30);/q;;+1/p-1/t15-,16-,17-,18?,19?,20+,21-,24?,25-,26+;13-,14-,15-,16?,17?,18+,19-,21?,22-,23+;/m11./s1. The maximum absolute atomic E-state index is 14.7. The Labute approximate surface area is 412 Å². The fourth-order valence-electron chi connectivity index (χ4n) is 17.9. The fraction of sp³-hybridized carbons (Fsp3) is 0.941. The molecule has 8 rings (SSSR count). The van der Waals surface area contributed by atoms with E-state index in [0.29, 0.717) is 61.7 Å². The van der Waals surface area contributed by atoms with Crippen LogP contribution in [0.5, 0.6) is 0 Å². The van der Waals surface area contributed by atoms with Crippen LogP contribution in [0.25, 0.3) is 0 Å². The van der Waals surface area contributed by atoms with Gasteiger partial charge in [-0.2, -0.15) is 0 Å². The van der Waals surface area contributed by atoms with Gasteiger partial charge in [-0.3, -0.25) is 9.59 Å². The summed E-state index contributed by atoms with van der Waals surface area (Å²) in [6, 6.07) is 0. The molecule has 8 saturated carbocycles. The largest absolute Gasteiger partial charge is 1.00 e. The molecule has 10 nitrogen and oxygen atoms in total. The minimum Gasteiger partial charge on any atom is -0.550 e. The number of rotatable bonds is 11. The van der Waals surface area contributed by atoms with E-state index in [9.17, 15) is 57.5 Å². The Kier molecular flexibility index (Phi) is 16.4. The number of carboxylic acid groups (broad SMARTS) is 2. The molecule has 20 atom stereocenters. The maximum Gasteiger partial charge on any atom is 1.00 e. The van der Waals surface area contributed by atoms with Gasteiger partial charge < -0.3 is 40.8 Å². The Morgan fingerprint density at radius 1 is 0.606 bits per heavy atom. The molecule has 15 heteroatoms. The van der Waals surface area contributed by atoms with E-state index < -0.39 is 59.0 Å². The number of carbonyl (C=O) groups excluding carboxylic acids is 2. The molecule has 0 spiro atoms. The Balaban J connectivity index is 0.000000217. The molecule has 0 saturated heterocycles. The van der Waals surface area contributed by atoms with Crippen LogP contribution in [0.3, 0.4) is 0 Å². The molecule has 0 radical (unpaired) electrons. The number of halogens is 4. The van der Waals surface area contributed by atoms with Gasteiger partial charge in [0.05, 0.1) is 12.2 Å². The van der Waals surface area contributed by atoms with Gasteiger partial charge in [0.2, 0.25) is 5.91 Å². The second-order valence-electron chi connectivity index (χ2n) is 24.3. The quantitative estimate of drug-likeness (QED) is 0.127. The monoisotopic (exact) mass is 950 g/mol. The first-order chi connectivity index (χ1) is 30.2. The number of hydrogen-bond acceptors (Lipinski definition) is 8. The van der Waals surface area contributed by atoms with Gasteiger partial charge in [-0.25, -0.2) is 17.6 Å². The number of carbonyl (C=O) groups is 3. The summed E-state index contributed by atoms with van der Waals surface area (Å²) in [6.07, 6.45) is 5.64. The molecule has 0 heterocycles. The zero-order valence-corrected chi connectivity index (χ0v) is 42.8. The van der Waals surface area contributed by atoms with E-state index in [0.717, 1.165) is 51.4 Å². The summed E-state index contributed by atoms with van der Waals surface area (Å²) < 4.78 is 58.5. The average Bonchev–Trinajstić information content (AvgIpc) is 3.75. The second-order valence-corrected chi connectivity index (χ2v) is 24.3. The third kappa shape index (κ3) is 9.81. The summed E-state index contributed by atoms with van der Waals surface area (Å²) in [6.45, 7) is 13.0. The molecule has 0 aliphatic heterocycles. The van der Waals surface area contributed by atoms with Crippen molar-refractivity contribution in [2.24, 2.45) is 92.7 Å². The van der Waals surface area contributed by atoms with Crippen LogP contribution in [0.1, 0.15) is 164 Å². The molecule has 8 fully saturated rings. The van der Waals surface area contributed by atoms with Crippen LogP contribution in [0.4, 0.5) is 17.6 Å². The summed E-state index contributed by atoms with van der Waals surface area (Å²) >= 11 is 0. The number of aliphatic carboxylic acids is 2. The predicted octanol–water partition coefficient (Wildman–Crippen LogP) is 4.62. The molecule has 6 N–H and O–H groups in total. The SMILES string of the molecule is C[C@H](CCC(=O)NCCC(=O)[O-])[C@H]1CCC2C3C(CC[C@@]21C)[C@@]1(C)CC(F)(F)[C@H](O)C[C@H]1C[C@@H]3O.C[C@H](CCC(=O)O)[C@H]1CCC2C3C(CC[C@@]21C)[C@@]1(C)CC(F)(F)[C@H](O)C[C@H]1C[C@@H]3O.[Na+]. The van der Waals surface area contributed by atoms with Gasteiger partial charge in [0.25, 0.3) is 11.8 Å². The first-order valence-corrected chi connectivity index (χ1v) is 25.4. The number of aliphatic hydroxyl groups excluding tert-OH is 4. The minimum absolute atomic E-state index is 0. The Hall–Kier alpha value is -1.03. The van der Waals surface area contributed by atoms with Crippen molar-refractivity contribution in [1.29, 1.82) is 0 Å². The van der Waals surface area contributed by atoms with Gasteiger partial charge in [-0.05, 0) is 183 Å². The minimum atomic E-state index is -3.08. The summed E-state index contributed by atoms with van der Waals surface area (Å²) in [5.41, 5.74) is -1.06. The summed E-state index contributed by atoms with van der Waals surface area (Å²) in [4.78, 5) is 33.7. The Morgan fingerprint density at radius 3 is 1.39 bits per heavy atom. The molecule has 0 aromatic carbocycles. The molecule has 0 aromatic rings. The number of alkyl halides is 4. The third-order valence-corrected chi connectivity index (χ3v) is 21.2. The number of hydrogen-bond donors (Lipinski definition) is 6. The van der Waals surface area contributed by atoms with E-state index in [-0.39, 0.29) is 133 Å². The van der Waals surface area contributed by atoms with E-state index in [4.69, 9.17) is 5.11 Å². The van der Waals surface area contributed by atoms with Crippen LogP contribution in [-0.2, 0) is 14.4 Å². The Morgan fingerprint density at radius 2 is 1.00 bits per heavy atom. The molecule has 8 aliphatic rings. The Bertz CT molecular complexity index is 1760. The van der Waals surface area contributed by atoms with Crippen molar-refractivity contribution in [2.75, 3.05) is 6.54 Å². The molecule has 372 valence electrons. The van der Waals surface area contributed by atoms with Crippen LogP contribution in [0.15, 0.2) is 0 Å². The first-order valence-electron chi connectivity index (χ1n) is 25.4. The van der Waals surface area contributed by atoms with Crippen molar-refractivity contribution in [3.05, 3.63) is 0 Å². The van der Waals surface area contributed by atoms with Crippen LogP contribution in [0, 0.1) is 92.7 Å². The topological polar surface area (TPSA) is 187 Å². The van der Waals surface area contributed by atoms with E-state index >= 15 is 0 Å². The van der Waals surface area contributed by atoms with Gasteiger partial charge in [0, 0.05) is 44.6 Å². The molecule has 8 aliphatic carbocycles. The predicted molar refractivity (Wildman–Crippen MR) is 233 cm³/mol. The number of carboxylic acids is 2. The smallest absolute Gasteiger partial charge is 0.550 e. The first kappa shape index (κ1) is 54.3. The van der Waals surface area contributed by atoms with E-state index in [1.165, 1.54) is 0 Å². The number of fused-ring (bicyclic) bond motifs is 10. The van der Waals surface area contributed by atoms with Crippen LogP contribution in [0.2, 0.25) is 0 Å². The third-order valence-electron chi connectivity index (χ3n) is 21.2. The summed E-state index contributed by atoms with van der Waals surface area (Å²) in [5, 5.41) is 64.7. The number of amides is 1. The summed E-state index contributed by atoms with van der Waals surface area (Å²) in [7, 11) is 0. The molecule has 66 heavy (non-hydrogen) atoms.